The van der Waals surface area contributed by atoms with Crippen LogP contribution in [0.1, 0.15) is 21.3 Å². The minimum absolute atomic E-state index is 0.0172. The van der Waals surface area contributed by atoms with Gasteiger partial charge < -0.3 is 10.2 Å². The number of piperazine rings is 1. The van der Waals surface area contributed by atoms with Crippen molar-refractivity contribution in [1.82, 2.24) is 15.2 Å². The Bertz CT molecular complexity index is 688. The van der Waals surface area contributed by atoms with Crippen molar-refractivity contribution >= 4 is 22.2 Å². The standard InChI is InChI=1S/C14H14N4O3S/c19-14(12-3-4-13(22-12)18(20)21)17-7-6-16-9-11(17)10-2-1-5-15-8-10/h1-5,8,11,16H,6-7,9H2. The molecule has 0 aliphatic carbocycles. The van der Waals surface area contributed by atoms with Crippen LogP contribution in [0.5, 0.6) is 0 Å². The minimum atomic E-state index is -0.474. The van der Waals surface area contributed by atoms with Crippen molar-refractivity contribution in [2.24, 2.45) is 0 Å². The number of pyridine rings is 1. The molecule has 1 aliphatic heterocycles. The molecule has 1 atom stereocenters. The van der Waals surface area contributed by atoms with E-state index >= 15 is 0 Å². The van der Waals surface area contributed by atoms with Gasteiger partial charge in [0.25, 0.3) is 5.91 Å². The topological polar surface area (TPSA) is 88.4 Å². The summed E-state index contributed by atoms with van der Waals surface area (Å²) in [5, 5.41) is 14.0. The number of hydrogen-bond donors (Lipinski definition) is 1. The highest BCUT2D eigenvalue weighted by molar-refractivity contribution is 7.17. The number of amides is 1. The third-order valence-corrected chi connectivity index (χ3v) is 4.58. The summed E-state index contributed by atoms with van der Waals surface area (Å²) in [6, 6.07) is 6.55. The van der Waals surface area contributed by atoms with E-state index < -0.39 is 4.92 Å². The first-order chi connectivity index (χ1) is 10.7. The van der Waals surface area contributed by atoms with Crippen LogP contribution in [0.2, 0.25) is 0 Å². The van der Waals surface area contributed by atoms with Crippen LogP contribution in [0.15, 0.2) is 36.7 Å². The number of thiophene rings is 1. The van der Waals surface area contributed by atoms with E-state index in [1.54, 1.807) is 17.3 Å². The quantitative estimate of drug-likeness (QED) is 0.689. The molecular weight excluding hydrogens is 304 g/mol. The van der Waals surface area contributed by atoms with Crippen molar-refractivity contribution < 1.29 is 9.72 Å². The maximum Gasteiger partial charge on any atom is 0.324 e. The van der Waals surface area contributed by atoms with Crippen molar-refractivity contribution in [3.8, 4) is 0 Å². The van der Waals surface area contributed by atoms with Gasteiger partial charge in [-0.05, 0) is 17.7 Å². The molecule has 0 bridgehead atoms. The number of rotatable bonds is 3. The number of aromatic nitrogens is 1. The molecular formula is C14H14N4O3S. The number of hydrogen-bond acceptors (Lipinski definition) is 6. The largest absolute Gasteiger partial charge is 0.328 e. The van der Waals surface area contributed by atoms with Gasteiger partial charge in [-0.3, -0.25) is 19.9 Å². The highest BCUT2D eigenvalue weighted by Crippen LogP contribution is 2.29. The van der Waals surface area contributed by atoms with Gasteiger partial charge in [0.2, 0.25) is 0 Å². The van der Waals surface area contributed by atoms with Crippen molar-refractivity contribution in [2.75, 3.05) is 19.6 Å². The van der Waals surface area contributed by atoms with E-state index in [9.17, 15) is 14.9 Å². The summed E-state index contributed by atoms with van der Waals surface area (Å²) in [6.45, 7) is 1.91. The molecule has 2 aromatic rings. The lowest BCUT2D eigenvalue weighted by Crippen LogP contribution is -2.48. The van der Waals surface area contributed by atoms with E-state index in [-0.39, 0.29) is 17.0 Å². The van der Waals surface area contributed by atoms with Crippen molar-refractivity contribution in [2.45, 2.75) is 6.04 Å². The Morgan fingerprint density at radius 1 is 1.45 bits per heavy atom. The van der Waals surface area contributed by atoms with Crippen LogP contribution in [0, 0.1) is 10.1 Å². The van der Waals surface area contributed by atoms with Gasteiger partial charge in [-0.25, -0.2) is 0 Å². The van der Waals surface area contributed by atoms with Crippen LogP contribution in [0.4, 0.5) is 5.00 Å². The molecule has 114 valence electrons. The Morgan fingerprint density at radius 2 is 2.32 bits per heavy atom. The molecule has 7 nitrogen and oxygen atoms in total. The zero-order valence-corrected chi connectivity index (χ0v) is 12.5. The molecule has 1 unspecified atom stereocenters. The van der Waals surface area contributed by atoms with E-state index in [2.05, 4.69) is 10.3 Å². The molecule has 0 aromatic carbocycles. The average Bonchev–Trinajstić information content (AvgIpc) is 3.05. The molecule has 8 heteroatoms. The predicted molar refractivity (Wildman–Crippen MR) is 81.9 cm³/mol. The number of nitrogens with zero attached hydrogens (tertiary/aromatic N) is 3. The monoisotopic (exact) mass is 318 g/mol. The Labute approximate surface area is 130 Å². The van der Waals surface area contributed by atoms with Crippen LogP contribution in [0.3, 0.4) is 0 Å². The predicted octanol–water partition coefficient (Wildman–Crippen LogP) is 1.84. The molecule has 0 saturated carbocycles. The fourth-order valence-corrected chi connectivity index (χ4v) is 3.28. The molecule has 1 fully saturated rings. The lowest BCUT2D eigenvalue weighted by Gasteiger charge is -2.36. The Hall–Kier alpha value is -2.32. The van der Waals surface area contributed by atoms with Gasteiger partial charge in [-0.15, -0.1) is 0 Å². The molecule has 1 amide bonds. The number of nitrogens with one attached hydrogen (secondary N) is 1. The summed E-state index contributed by atoms with van der Waals surface area (Å²) in [7, 11) is 0. The van der Waals surface area contributed by atoms with Crippen LogP contribution < -0.4 is 5.32 Å². The highest BCUT2D eigenvalue weighted by atomic mass is 32.1. The van der Waals surface area contributed by atoms with Crippen molar-refractivity contribution in [3.63, 3.8) is 0 Å². The first-order valence-electron chi connectivity index (χ1n) is 6.82. The molecule has 2 aromatic heterocycles. The molecule has 0 radical (unpaired) electrons. The van der Waals surface area contributed by atoms with Gasteiger partial charge in [-0.2, -0.15) is 0 Å². The van der Waals surface area contributed by atoms with Crippen LogP contribution >= 0.6 is 11.3 Å². The van der Waals surface area contributed by atoms with Gasteiger partial charge in [-0.1, -0.05) is 17.4 Å². The average molecular weight is 318 g/mol. The lowest BCUT2D eigenvalue weighted by atomic mass is 10.1. The fourth-order valence-electron chi connectivity index (χ4n) is 2.50. The second-order valence-electron chi connectivity index (χ2n) is 4.90. The third kappa shape index (κ3) is 2.83. The smallest absolute Gasteiger partial charge is 0.324 e. The van der Waals surface area contributed by atoms with Gasteiger partial charge in [0.1, 0.15) is 0 Å². The van der Waals surface area contributed by atoms with Crippen molar-refractivity contribution in [1.29, 1.82) is 0 Å². The maximum absolute atomic E-state index is 12.7. The fraction of sp³-hybridized carbons (Fsp3) is 0.286. The van der Waals surface area contributed by atoms with Gasteiger partial charge >= 0.3 is 5.00 Å². The summed E-state index contributed by atoms with van der Waals surface area (Å²) in [5.41, 5.74) is 0.953. The molecule has 1 N–H and O–H groups in total. The first-order valence-corrected chi connectivity index (χ1v) is 7.64. The van der Waals surface area contributed by atoms with Crippen LogP contribution in [-0.2, 0) is 0 Å². The van der Waals surface area contributed by atoms with Crippen LogP contribution in [0.25, 0.3) is 0 Å². The number of nitro groups is 1. The minimum Gasteiger partial charge on any atom is -0.328 e. The Balaban J connectivity index is 1.86. The number of carbonyl (C=O) groups excluding carboxylic acids is 1. The maximum atomic E-state index is 12.7. The Kier molecular flexibility index (Phi) is 4.12. The summed E-state index contributed by atoms with van der Waals surface area (Å²) in [6.07, 6.45) is 3.43. The zero-order chi connectivity index (χ0) is 15.5. The highest BCUT2D eigenvalue weighted by Gasteiger charge is 2.30. The SMILES string of the molecule is O=C(c1ccc([N+](=O)[O-])s1)N1CCNCC1c1cccnc1. The summed E-state index contributed by atoms with van der Waals surface area (Å²) < 4.78 is 0. The molecule has 0 spiro atoms. The van der Waals surface area contributed by atoms with E-state index in [4.69, 9.17) is 0 Å². The van der Waals surface area contributed by atoms with Crippen LogP contribution in [-0.4, -0.2) is 40.3 Å². The van der Waals surface area contributed by atoms with Gasteiger partial charge in [0.05, 0.1) is 15.8 Å². The molecule has 22 heavy (non-hydrogen) atoms. The summed E-state index contributed by atoms with van der Waals surface area (Å²) >= 11 is 0.914. The lowest BCUT2D eigenvalue weighted by molar-refractivity contribution is -0.380. The second-order valence-corrected chi connectivity index (χ2v) is 5.96. The zero-order valence-electron chi connectivity index (χ0n) is 11.6. The summed E-state index contributed by atoms with van der Waals surface area (Å²) in [4.78, 5) is 29.2. The molecule has 3 heterocycles. The van der Waals surface area contributed by atoms with E-state index in [0.717, 1.165) is 16.9 Å². The number of carbonyl (C=O) groups is 1. The second kappa shape index (κ2) is 6.20. The van der Waals surface area contributed by atoms with E-state index in [1.807, 2.05) is 12.1 Å². The molecule has 1 aliphatic rings. The van der Waals surface area contributed by atoms with Crippen molar-refractivity contribution in [3.05, 3.63) is 57.2 Å². The third-order valence-electron chi connectivity index (χ3n) is 3.56. The molecule has 3 rings (SSSR count). The van der Waals surface area contributed by atoms with E-state index in [0.29, 0.717) is 24.5 Å². The van der Waals surface area contributed by atoms with E-state index in [1.165, 1.54) is 12.1 Å². The molecule has 1 saturated heterocycles. The first kappa shape index (κ1) is 14.6. The van der Waals surface area contributed by atoms with Gasteiger partial charge in [0.15, 0.2) is 0 Å². The van der Waals surface area contributed by atoms with Gasteiger partial charge in [0, 0.05) is 38.1 Å². The Morgan fingerprint density at radius 3 is 3.00 bits per heavy atom. The normalized spacial score (nSPS) is 18.2. The summed E-state index contributed by atoms with van der Waals surface area (Å²) in [5.74, 6) is -0.173.